The number of primary amides is 1. The van der Waals surface area contributed by atoms with Gasteiger partial charge >= 0.3 is 5.97 Å². The number of rotatable bonds is 23. The molecule has 0 aliphatic heterocycles. The minimum atomic E-state index is -1.30. The number of carboxylic acids is 1. The largest absolute Gasteiger partial charge is 0.481 e. The van der Waals surface area contributed by atoms with Crippen LogP contribution in [0.5, 0.6) is 0 Å². The van der Waals surface area contributed by atoms with Gasteiger partial charge in [-0.3, -0.25) is 38.4 Å². The van der Waals surface area contributed by atoms with E-state index in [1.807, 2.05) is 39.8 Å². The Labute approximate surface area is 318 Å². The topological polar surface area (TPSA) is 255 Å². The van der Waals surface area contributed by atoms with Crippen molar-refractivity contribution in [3.63, 3.8) is 0 Å². The summed E-state index contributed by atoms with van der Waals surface area (Å²) in [6.45, 7) is 14.1. The van der Waals surface area contributed by atoms with Crippen molar-refractivity contribution in [2.45, 2.75) is 137 Å². The maximum Gasteiger partial charge on any atom is 0.303 e. The number of benzene rings is 1. The highest BCUT2D eigenvalue weighted by Crippen LogP contribution is 2.21. The summed E-state index contributed by atoms with van der Waals surface area (Å²) in [7, 11) is 1.55. The van der Waals surface area contributed by atoms with Crippen LogP contribution in [0.4, 0.5) is 0 Å². The van der Waals surface area contributed by atoms with Crippen molar-refractivity contribution in [1.29, 1.82) is 0 Å². The van der Waals surface area contributed by atoms with Crippen LogP contribution in [-0.4, -0.2) is 95.6 Å². The van der Waals surface area contributed by atoms with Crippen molar-refractivity contribution in [3.8, 4) is 0 Å². The number of Topliss-reactive ketones (excluding diaryl/α,β-unsaturated/α-hetero) is 1. The molecule has 1 aromatic rings. The first-order chi connectivity index (χ1) is 25.1. The molecule has 0 aliphatic rings. The standard InChI is InChI=1S/C38H61N7O9/c1-10-11-16-25(30(48)32(39)49)41-35(52)27(19-21(2)3)44-37(54)31(38(6,7)8)45-36(53)28(20-24-15-13-12-14-22(24)4)43-34(51)26(17-18-29(46)47)42-33(50)23(5)40-9/h12-15,21,23,25-28,31,40H,10-11,16-20H2,1-9H3,(H2,39,49)(H,41,52)(H,42,50)(H,43,51)(H,44,54)(H,45,53)(H,46,47). The molecule has 0 radical (unpaired) electrons. The zero-order valence-corrected chi connectivity index (χ0v) is 33.1. The highest BCUT2D eigenvalue weighted by molar-refractivity contribution is 6.37. The van der Waals surface area contributed by atoms with Gasteiger partial charge in [0.15, 0.2) is 0 Å². The summed E-state index contributed by atoms with van der Waals surface area (Å²) in [5, 5.41) is 25.3. The lowest BCUT2D eigenvalue weighted by Gasteiger charge is -2.34. The molecule has 16 heteroatoms. The Kier molecular flexibility index (Phi) is 19.5. The molecule has 0 saturated heterocycles. The fourth-order valence-electron chi connectivity index (χ4n) is 5.50. The van der Waals surface area contributed by atoms with Gasteiger partial charge in [0.05, 0.1) is 12.1 Å². The molecule has 0 saturated carbocycles. The molecule has 1 rings (SSSR count). The Morgan fingerprint density at radius 3 is 1.80 bits per heavy atom. The molecule has 0 aliphatic carbocycles. The van der Waals surface area contributed by atoms with Gasteiger partial charge in [0, 0.05) is 12.8 Å². The van der Waals surface area contributed by atoms with Crippen LogP contribution < -0.4 is 37.6 Å². The van der Waals surface area contributed by atoms with Gasteiger partial charge in [-0.1, -0.05) is 78.6 Å². The van der Waals surface area contributed by atoms with Gasteiger partial charge in [0.25, 0.3) is 5.91 Å². The number of carboxylic acid groups (broad SMARTS) is 1. The molecule has 6 atom stereocenters. The fourth-order valence-corrected chi connectivity index (χ4v) is 5.50. The maximum atomic E-state index is 14.1. The Morgan fingerprint density at radius 1 is 0.741 bits per heavy atom. The number of amides is 6. The second kappa shape index (κ2) is 22.4. The Morgan fingerprint density at radius 2 is 1.28 bits per heavy atom. The first-order valence-electron chi connectivity index (χ1n) is 18.4. The SMILES string of the molecule is CCCCC(NC(=O)C(CC(C)C)NC(=O)C(NC(=O)C(Cc1ccccc1C)NC(=O)C(CCC(=O)O)NC(=O)C(C)NC)C(C)(C)C)C(=O)C(N)=O. The molecule has 0 heterocycles. The first-order valence-corrected chi connectivity index (χ1v) is 18.4. The number of hydrogen-bond acceptors (Lipinski definition) is 9. The number of hydrogen-bond donors (Lipinski definition) is 8. The summed E-state index contributed by atoms with van der Waals surface area (Å²) in [6, 6.07) is 0.347. The molecule has 0 aromatic heterocycles. The highest BCUT2D eigenvalue weighted by atomic mass is 16.4. The molecule has 0 bridgehead atoms. The summed E-state index contributed by atoms with van der Waals surface area (Å²) in [6.07, 6.45) is 0.862. The summed E-state index contributed by atoms with van der Waals surface area (Å²) < 4.78 is 0. The van der Waals surface area contributed by atoms with Gasteiger partial charge in [-0.05, 0) is 62.6 Å². The van der Waals surface area contributed by atoms with E-state index in [0.29, 0.717) is 18.4 Å². The Balaban J connectivity index is 3.49. The van der Waals surface area contributed by atoms with E-state index in [2.05, 4.69) is 31.9 Å². The lowest BCUT2D eigenvalue weighted by Crippen LogP contribution is -2.62. The average Bonchev–Trinajstić information content (AvgIpc) is 3.08. The fraction of sp³-hybridized carbons (Fsp3) is 0.632. The van der Waals surface area contributed by atoms with E-state index in [1.54, 1.807) is 46.9 Å². The van der Waals surface area contributed by atoms with E-state index < -0.39 is 95.3 Å². The zero-order chi connectivity index (χ0) is 41.3. The normalized spacial score (nSPS) is 14.7. The molecule has 9 N–H and O–H groups in total. The van der Waals surface area contributed by atoms with Crippen LogP contribution in [0, 0.1) is 18.3 Å². The number of nitrogens with one attached hydrogen (secondary N) is 6. The maximum absolute atomic E-state index is 14.1. The predicted octanol–water partition coefficient (Wildman–Crippen LogP) is 0.771. The third-order valence-corrected chi connectivity index (χ3v) is 8.90. The van der Waals surface area contributed by atoms with Crippen LogP contribution in [0.2, 0.25) is 0 Å². The summed E-state index contributed by atoms with van der Waals surface area (Å²) in [4.78, 5) is 104. The van der Waals surface area contributed by atoms with Gasteiger partial charge < -0.3 is 42.7 Å². The molecular weight excluding hydrogens is 698 g/mol. The first kappa shape index (κ1) is 47.2. The van der Waals surface area contributed by atoms with Crippen molar-refractivity contribution in [2.24, 2.45) is 17.1 Å². The van der Waals surface area contributed by atoms with E-state index in [4.69, 9.17) is 5.73 Å². The number of aliphatic carboxylic acids is 1. The summed E-state index contributed by atoms with van der Waals surface area (Å²) in [5.41, 5.74) is 5.83. The predicted molar refractivity (Wildman–Crippen MR) is 203 cm³/mol. The van der Waals surface area contributed by atoms with Crippen LogP contribution in [-0.2, 0) is 44.8 Å². The van der Waals surface area contributed by atoms with E-state index in [9.17, 15) is 43.5 Å². The summed E-state index contributed by atoms with van der Waals surface area (Å²) >= 11 is 0. The molecule has 1 aromatic carbocycles. The third kappa shape index (κ3) is 16.0. The quantitative estimate of drug-likeness (QED) is 0.0728. The van der Waals surface area contributed by atoms with Gasteiger partial charge in [0.2, 0.25) is 35.3 Å². The van der Waals surface area contributed by atoms with E-state index in [-0.39, 0.29) is 31.6 Å². The van der Waals surface area contributed by atoms with Crippen molar-refractivity contribution >= 4 is 47.2 Å². The van der Waals surface area contributed by atoms with E-state index in [0.717, 1.165) is 5.56 Å². The van der Waals surface area contributed by atoms with Crippen LogP contribution in [0.1, 0.15) is 98.1 Å². The number of ketones is 1. The molecule has 54 heavy (non-hydrogen) atoms. The third-order valence-electron chi connectivity index (χ3n) is 8.90. The molecule has 6 unspecified atom stereocenters. The van der Waals surface area contributed by atoms with Gasteiger partial charge in [-0.15, -0.1) is 0 Å². The number of nitrogens with two attached hydrogens (primary N) is 1. The van der Waals surface area contributed by atoms with Crippen LogP contribution in [0.3, 0.4) is 0 Å². The molecule has 302 valence electrons. The lowest BCUT2D eigenvalue weighted by molar-refractivity contribution is -0.139. The van der Waals surface area contributed by atoms with Crippen LogP contribution in [0.25, 0.3) is 0 Å². The number of carbonyl (C=O) groups excluding carboxylic acids is 7. The monoisotopic (exact) mass is 759 g/mol. The van der Waals surface area contributed by atoms with Crippen LogP contribution in [0.15, 0.2) is 24.3 Å². The van der Waals surface area contributed by atoms with Crippen molar-refractivity contribution < 1.29 is 43.5 Å². The highest BCUT2D eigenvalue weighted by Gasteiger charge is 2.38. The lowest BCUT2D eigenvalue weighted by atomic mass is 9.85. The number of aryl methyl sites for hydroxylation is 1. The zero-order valence-electron chi connectivity index (χ0n) is 33.1. The van der Waals surface area contributed by atoms with E-state index in [1.165, 1.54) is 0 Å². The van der Waals surface area contributed by atoms with Crippen molar-refractivity contribution in [2.75, 3.05) is 7.05 Å². The van der Waals surface area contributed by atoms with Crippen molar-refractivity contribution in [3.05, 3.63) is 35.4 Å². The Hall–Kier alpha value is -4.86. The minimum Gasteiger partial charge on any atom is -0.481 e. The Bertz CT molecular complexity index is 1490. The van der Waals surface area contributed by atoms with Crippen LogP contribution >= 0.6 is 0 Å². The molecular formula is C38H61N7O9. The molecule has 0 spiro atoms. The second-order valence-corrected chi connectivity index (χ2v) is 15.1. The summed E-state index contributed by atoms with van der Waals surface area (Å²) in [5.74, 6) is -6.92. The number of carbonyl (C=O) groups is 8. The number of unbranched alkanes of at least 4 members (excludes halogenated alkanes) is 1. The minimum absolute atomic E-state index is 0.0132. The molecule has 6 amide bonds. The second-order valence-electron chi connectivity index (χ2n) is 15.1. The molecule has 16 nitrogen and oxygen atoms in total. The van der Waals surface area contributed by atoms with Crippen molar-refractivity contribution in [1.82, 2.24) is 31.9 Å². The average molecular weight is 760 g/mol. The molecule has 0 fully saturated rings. The van der Waals surface area contributed by atoms with Gasteiger partial charge in [-0.2, -0.15) is 0 Å². The van der Waals surface area contributed by atoms with Gasteiger partial charge in [-0.25, -0.2) is 0 Å². The van der Waals surface area contributed by atoms with E-state index >= 15 is 0 Å². The number of likely N-dealkylation sites (N-methyl/N-ethyl adjacent to an activating group) is 1. The van der Waals surface area contributed by atoms with Gasteiger partial charge in [0.1, 0.15) is 24.2 Å². The smallest absolute Gasteiger partial charge is 0.303 e.